The van der Waals surface area contributed by atoms with E-state index < -0.39 is 0 Å². The molecule has 0 unspecified atom stereocenters. The molecule has 3 aromatic heterocycles. The van der Waals surface area contributed by atoms with E-state index in [1.165, 1.54) is 0 Å². The number of aromatic nitrogens is 5. The number of nitrogens with zero attached hydrogens (tertiary/aromatic N) is 6. The van der Waals surface area contributed by atoms with E-state index in [-0.39, 0.29) is 5.95 Å². The fourth-order valence-corrected chi connectivity index (χ4v) is 2.83. The maximum Gasteiger partial charge on any atom is 0.222 e. The molecular formula is C14H17N7O. The molecule has 1 aliphatic rings. The Morgan fingerprint density at radius 1 is 1.18 bits per heavy atom. The highest BCUT2D eigenvalue weighted by Gasteiger charge is 2.14. The molecule has 0 amide bonds. The topological polar surface area (TPSA) is 94.5 Å². The zero-order valence-corrected chi connectivity index (χ0v) is 12.1. The fraction of sp³-hybridized carbons (Fsp3) is 0.429. The van der Waals surface area contributed by atoms with Crippen molar-refractivity contribution in [2.45, 2.75) is 6.42 Å². The molecule has 22 heavy (non-hydrogen) atoms. The van der Waals surface area contributed by atoms with Gasteiger partial charge in [0.1, 0.15) is 6.33 Å². The van der Waals surface area contributed by atoms with Crippen molar-refractivity contribution in [2.75, 3.05) is 38.6 Å². The Morgan fingerprint density at radius 3 is 2.91 bits per heavy atom. The molecule has 3 aromatic rings. The highest BCUT2D eigenvalue weighted by molar-refractivity contribution is 5.81. The van der Waals surface area contributed by atoms with Gasteiger partial charge in [-0.15, -0.1) is 10.2 Å². The highest BCUT2D eigenvalue weighted by Crippen LogP contribution is 2.19. The average Bonchev–Trinajstić information content (AvgIpc) is 3.02. The number of fused-ring (bicyclic) bond motifs is 3. The standard InChI is InChI=1S/C14H17N7O/c15-14-17-11(3-4-20-5-7-22-8-6-20)10-1-2-12-19-16-9-21(12)13(10)18-14/h1-2,9H,3-8H2,(H2,15,17,18). The Bertz CT molecular complexity index is 809. The summed E-state index contributed by atoms with van der Waals surface area (Å²) in [4.78, 5) is 11.2. The van der Waals surface area contributed by atoms with Crippen molar-refractivity contribution in [3.05, 3.63) is 24.2 Å². The lowest BCUT2D eigenvalue weighted by atomic mass is 10.2. The van der Waals surface area contributed by atoms with Crippen molar-refractivity contribution in [1.82, 2.24) is 29.5 Å². The van der Waals surface area contributed by atoms with E-state index in [0.29, 0.717) is 0 Å². The lowest BCUT2D eigenvalue weighted by Crippen LogP contribution is -2.37. The molecule has 0 saturated carbocycles. The molecule has 0 aromatic carbocycles. The molecule has 1 aliphatic heterocycles. The molecule has 4 heterocycles. The van der Waals surface area contributed by atoms with Crippen molar-refractivity contribution in [3.8, 4) is 0 Å². The van der Waals surface area contributed by atoms with E-state index in [1.807, 2.05) is 16.5 Å². The molecule has 0 radical (unpaired) electrons. The second kappa shape index (κ2) is 5.47. The van der Waals surface area contributed by atoms with E-state index in [4.69, 9.17) is 10.5 Å². The third-order valence-electron chi connectivity index (χ3n) is 3.99. The van der Waals surface area contributed by atoms with Gasteiger partial charge < -0.3 is 10.5 Å². The Labute approximate surface area is 126 Å². The summed E-state index contributed by atoms with van der Waals surface area (Å²) in [7, 11) is 0. The maximum atomic E-state index is 5.88. The minimum Gasteiger partial charge on any atom is -0.379 e. The van der Waals surface area contributed by atoms with E-state index in [0.717, 1.165) is 61.6 Å². The number of pyridine rings is 1. The first-order valence-electron chi connectivity index (χ1n) is 7.36. The Kier molecular flexibility index (Phi) is 3.32. The molecule has 0 aliphatic carbocycles. The minimum absolute atomic E-state index is 0.283. The molecule has 8 heteroatoms. The number of ether oxygens (including phenoxy) is 1. The first-order valence-corrected chi connectivity index (χ1v) is 7.36. The molecule has 0 atom stereocenters. The van der Waals surface area contributed by atoms with Crippen LogP contribution in [0.4, 0.5) is 5.95 Å². The lowest BCUT2D eigenvalue weighted by Gasteiger charge is -2.26. The molecule has 0 spiro atoms. The number of nitrogen functional groups attached to an aromatic ring is 1. The van der Waals surface area contributed by atoms with Crippen LogP contribution in [-0.4, -0.2) is 62.3 Å². The van der Waals surface area contributed by atoms with E-state index in [1.54, 1.807) is 6.33 Å². The van der Waals surface area contributed by atoms with Crippen LogP contribution in [0, 0.1) is 0 Å². The molecule has 2 N–H and O–H groups in total. The van der Waals surface area contributed by atoms with Crippen molar-refractivity contribution in [3.63, 3.8) is 0 Å². The van der Waals surface area contributed by atoms with Crippen LogP contribution in [0.2, 0.25) is 0 Å². The molecule has 4 rings (SSSR count). The van der Waals surface area contributed by atoms with Crippen LogP contribution in [0.5, 0.6) is 0 Å². The largest absolute Gasteiger partial charge is 0.379 e. The third-order valence-corrected chi connectivity index (χ3v) is 3.99. The number of hydrogen-bond acceptors (Lipinski definition) is 7. The van der Waals surface area contributed by atoms with Gasteiger partial charge in [0.2, 0.25) is 5.95 Å². The second-order valence-electron chi connectivity index (χ2n) is 5.36. The normalized spacial score (nSPS) is 16.5. The molecule has 114 valence electrons. The van der Waals surface area contributed by atoms with Crippen molar-refractivity contribution in [2.24, 2.45) is 0 Å². The minimum atomic E-state index is 0.283. The van der Waals surface area contributed by atoms with Gasteiger partial charge in [-0.2, -0.15) is 4.98 Å². The van der Waals surface area contributed by atoms with Gasteiger partial charge in [-0.3, -0.25) is 9.30 Å². The van der Waals surface area contributed by atoms with Gasteiger partial charge in [-0.25, -0.2) is 4.98 Å². The maximum absolute atomic E-state index is 5.88. The van der Waals surface area contributed by atoms with Crippen LogP contribution < -0.4 is 5.73 Å². The lowest BCUT2D eigenvalue weighted by molar-refractivity contribution is 0.0384. The molecule has 1 saturated heterocycles. The Balaban J connectivity index is 1.70. The van der Waals surface area contributed by atoms with Gasteiger partial charge in [-0.05, 0) is 12.1 Å². The number of anilines is 1. The average molecular weight is 299 g/mol. The monoisotopic (exact) mass is 299 g/mol. The number of morpholine rings is 1. The first-order chi connectivity index (χ1) is 10.8. The third kappa shape index (κ3) is 2.36. The quantitative estimate of drug-likeness (QED) is 0.734. The molecule has 8 nitrogen and oxygen atoms in total. The summed E-state index contributed by atoms with van der Waals surface area (Å²) in [6.45, 7) is 4.47. The molecule has 0 bridgehead atoms. The van der Waals surface area contributed by atoms with E-state index in [9.17, 15) is 0 Å². The van der Waals surface area contributed by atoms with Gasteiger partial charge in [0.05, 0.1) is 18.9 Å². The summed E-state index contributed by atoms with van der Waals surface area (Å²) in [5.74, 6) is 0.283. The smallest absolute Gasteiger partial charge is 0.222 e. The van der Waals surface area contributed by atoms with Crippen LogP contribution in [0.25, 0.3) is 16.7 Å². The van der Waals surface area contributed by atoms with Gasteiger partial charge >= 0.3 is 0 Å². The first kappa shape index (κ1) is 13.4. The van der Waals surface area contributed by atoms with Crippen molar-refractivity contribution in [1.29, 1.82) is 0 Å². The predicted octanol–water partition coefficient (Wildman–Crippen LogP) is 0.129. The number of rotatable bonds is 3. The second-order valence-corrected chi connectivity index (χ2v) is 5.36. The summed E-state index contributed by atoms with van der Waals surface area (Å²) in [5.41, 5.74) is 8.36. The zero-order chi connectivity index (χ0) is 14.9. The van der Waals surface area contributed by atoms with Gasteiger partial charge in [-0.1, -0.05) is 0 Å². The summed E-state index contributed by atoms with van der Waals surface area (Å²) in [6, 6.07) is 3.92. The zero-order valence-electron chi connectivity index (χ0n) is 12.1. The Morgan fingerprint density at radius 2 is 2.05 bits per heavy atom. The van der Waals surface area contributed by atoms with Crippen LogP contribution in [-0.2, 0) is 11.2 Å². The van der Waals surface area contributed by atoms with Gasteiger partial charge in [0, 0.05) is 31.4 Å². The molecule has 1 fully saturated rings. The number of hydrogen-bond donors (Lipinski definition) is 1. The van der Waals surface area contributed by atoms with Crippen LogP contribution in [0.1, 0.15) is 5.69 Å². The van der Waals surface area contributed by atoms with Crippen LogP contribution in [0.3, 0.4) is 0 Å². The predicted molar refractivity (Wildman–Crippen MR) is 81.5 cm³/mol. The van der Waals surface area contributed by atoms with Crippen molar-refractivity contribution < 1.29 is 4.74 Å². The fourth-order valence-electron chi connectivity index (χ4n) is 2.83. The van der Waals surface area contributed by atoms with Crippen molar-refractivity contribution >= 4 is 22.6 Å². The summed E-state index contributed by atoms with van der Waals surface area (Å²) < 4.78 is 7.21. The highest BCUT2D eigenvalue weighted by atomic mass is 16.5. The van der Waals surface area contributed by atoms with E-state index in [2.05, 4.69) is 25.1 Å². The van der Waals surface area contributed by atoms with Gasteiger partial charge in [0.25, 0.3) is 0 Å². The molecular weight excluding hydrogens is 282 g/mol. The number of nitrogens with two attached hydrogens (primary N) is 1. The van der Waals surface area contributed by atoms with Gasteiger partial charge in [0.15, 0.2) is 11.3 Å². The Hall–Kier alpha value is -2.32. The van der Waals surface area contributed by atoms with Crippen LogP contribution >= 0.6 is 0 Å². The summed E-state index contributed by atoms with van der Waals surface area (Å²) in [6.07, 6.45) is 2.48. The van der Waals surface area contributed by atoms with E-state index >= 15 is 0 Å². The summed E-state index contributed by atoms with van der Waals surface area (Å²) in [5, 5.41) is 8.95. The summed E-state index contributed by atoms with van der Waals surface area (Å²) >= 11 is 0. The SMILES string of the molecule is Nc1nc(CCN2CCOCC2)c2ccc3nncn3c2n1. The van der Waals surface area contributed by atoms with Crippen LogP contribution in [0.15, 0.2) is 18.5 Å².